The largest absolute Gasteiger partial charge is 0.395 e. The molecule has 5 heteroatoms. The molecule has 0 saturated carbocycles. The fourth-order valence-corrected chi connectivity index (χ4v) is 2.64. The van der Waals surface area contributed by atoms with Gasteiger partial charge in [-0.3, -0.25) is 4.90 Å². The first-order valence-corrected chi connectivity index (χ1v) is 6.14. The molecule has 0 amide bonds. The highest BCUT2D eigenvalue weighted by atomic mass is 32.1. The summed E-state index contributed by atoms with van der Waals surface area (Å²) in [5.74, 6) is 0. The van der Waals surface area contributed by atoms with E-state index in [9.17, 15) is 5.11 Å². The summed E-state index contributed by atoms with van der Waals surface area (Å²) in [7, 11) is 0. The van der Waals surface area contributed by atoms with Crippen LogP contribution in [-0.2, 0) is 6.54 Å². The second-order valence-electron chi connectivity index (χ2n) is 3.89. The quantitative estimate of drug-likeness (QED) is 0.775. The molecule has 1 atom stereocenters. The minimum atomic E-state index is 0.220. The smallest absolute Gasteiger partial charge is 0.107 e. The van der Waals surface area contributed by atoms with Crippen LogP contribution in [-0.4, -0.2) is 47.3 Å². The summed E-state index contributed by atoms with van der Waals surface area (Å²) in [5.41, 5.74) is 1.09. The van der Waals surface area contributed by atoms with Gasteiger partial charge in [-0.1, -0.05) is 0 Å². The Morgan fingerprint density at radius 1 is 1.73 bits per heavy atom. The van der Waals surface area contributed by atoms with Gasteiger partial charge in [0.2, 0.25) is 0 Å². The van der Waals surface area contributed by atoms with Crippen molar-refractivity contribution in [3.63, 3.8) is 0 Å². The maximum atomic E-state index is 9.25. The zero-order valence-electron chi connectivity index (χ0n) is 8.94. The predicted molar refractivity (Wildman–Crippen MR) is 61.0 cm³/mol. The summed E-state index contributed by atoms with van der Waals surface area (Å²) in [6.07, 6.45) is 0. The maximum absolute atomic E-state index is 9.25. The molecule has 1 fully saturated rings. The predicted octanol–water partition coefficient (Wildman–Crippen LogP) is 0.218. The molecule has 4 nitrogen and oxygen atoms in total. The Labute approximate surface area is 93.9 Å². The molecule has 0 bridgehead atoms. The molecule has 2 rings (SSSR count). The van der Waals surface area contributed by atoms with E-state index >= 15 is 0 Å². The Hall–Kier alpha value is -0.490. The molecule has 2 heterocycles. The molecule has 0 aliphatic carbocycles. The molecular weight excluding hydrogens is 210 g/mol. The molecule has 84 valence electrons. The second kappa shape index (κ2) is 5.03. The molecule has 0 aromatic carbocycles. The van der Waals surface area contributed by atoms with E-state index in [1.54, 1.807) is 11.3 Å². The fraction of sp³-hybridized carbons (Fsp3) is 0.700. The van der Waals surface area contributed by atoms with Crippen LogP contribution in [0.2, 0.25) is 0 Å². The van der Waals surface area contributed by atoms with Crippen molar-refractivity contribution in [2.45, 2.75) is 19.5 Å². The Morgan fingerprint density at radius 3 is 3.27 bits per heavy atom. The summed E-state index contributed by atoms with van der Waals surface area (Å²) in [4.78, 5) is 6.75. The number of rotatable bonds is 3. The molecule has 1 unspecified atom stereocenters. The van der Waals surface area contributed by atoms with Gasteiger partial charge in [0.1, 0.15) is 5.01 Å². The average molecular weight is 227 g/mol. The van der Waals surface area contributed by atoms with Crippen LogP contribution in [0.15, 0.2) is 5.38 Å². The lowest BCUT2D eigenvalue weighted by atomic mass is 10.2. The highest BCUT2D eigenvalue weighted by Gasteiger charge is 2.21. The molecule has 0 spiro atoms. The van der Waals surface area contributed by atoms with E-state index in [-0.39, 0.29) is 12.6 Å². The van der Waals surface area contributed by atoms with Gasteiger partial charge in [0.05, 0.1) is 13.2 Å². The van der Waals surface area contributed by atoms with E-state index in [1.165, 1.54) is 0 Å². The highest BCUT2D eigenvalue weighted by molar-refractivity contribution is 7.09. The Balaban J connectivity index is 1.97. The first-order chi connectivity index (χ1) is 7.29. The second-order valence-corrected chi connectivity index (χ2v) is 4.84. The normalized spacial score (nSPS) is 23.2. The van der Waals surface area contributed by atoms with Crippen molar-refractivity contribution in [2.24, 2.45) is 0 Å². The van der Waals surface area contributed by atoms with Crippen LogP contribution >= 0.6 is 11.3 Å². The van der Waals surface area contributed by atoms with Crippen molar-refractivity contribution < 1.29 is 5.11 Å². The van der Waals surface area contributed by atoms with E-state index in [0.29, 0.717) is 0 Å². The van der Waals surface area contributed by atoms with Gasteiger partial charge in [-0.2, -0.15) is 0 Å². The van der Waals surface area contributed by atoms with Gasteiger partial charge in [-0.25, -0.2) is 4.98 Å². The molecule has 15 heavy (non-hydrogen) atoms. The van der Waals surface area contributed by atoms with Gasteiger partial charge in [-0.05, 0) is 6.92 Å². The van der Waals surface area contributed by atoms with Crippen LogP contribution in [0.5, 0.6) is 0 Å². The van der Waals surface area contributed by atoms with Crippen molar-refractivity contribution in [3.05, 3.63) is 16.1 Å². The van der Waals surface area contributed by atoms with Crippen LogP contribution in [0.1, 0.15) is 10.7 Å². The third-order valence-corrected chi connectivity index (χ3v) is 3.64. The molecule has 0 radical (unpaired) electrons. The highest BCUT2D eigenvalue weighted by Crippen LogP contribution is 2.14. The summed E-state index contributed by atoms with van der Waals surface area (Å²) in [6.45, 7) is 5.97. The monoisotopic (exact) mass is 227 g/mol. The van der Waals surface area contributed by atoms with E-state index in [2.05, 4.69) is 20.6 Å². The number of aryl methyl sites for hydroxylation is 1. The summed E-state index contributed by atoms with van der Waals surface area (Å²) in [6, 6.07) is 0.239. The molecule has 1 saturated heterocycles. The average Bonchev–Trinajstić information content (AvgIpc) is 2.65. The Kier molecular flexibility index (Phi) is 3.69. The van der Waals surface area contributed by atoms with E-state index in [4.69, 9.17) is 0 Å². The molecule has 1 aromatic rings. The van der Waals surface area contributed by atoms with Gasteiger partial charge in [-0.15, -0.1) is 11.3 Å². The number of nitrogens with zero attached hydrogens (tertiary/aromatic N) is 2. The maximum Gasteiger partial charge on any atom is 0.107 e. The first kappa shape index (κ1) is 11.0. The number of aliphatic hydroxyl groups excluding tert-OH is 1. The molecule has 1 aliphatic heterocycles. The van der Waals surface area contributed by atoms with E-state index < -0.39 is 0 Å². The minimum Gasteiger partial charge on any atom is -0.395 e. The standard InChI is InChI=1S/C10H17N3OS/c1-8-7-15-10(12-8)5-13-3-2-11-4-9(13)6-14/h7,9,11,14H,2-6H2,1H3. The van der Waals surface area contributed by atoms with Gasteiger partial charge in [0.15, 0.2) is 0 Å². The molecule has 1 aromatic heterocycles. The lowest BCUT2D eigenvalue weighted by Gasteiger charge is -2.34. The minimum absolute atomic E-state index is 0.220. The van der Waals surface area contributed by atoms with E-state index in [0.717, 1.165) is 36.9 Å². The number of thiazole rings is 1. The third-order valence-electron chi connectivity index (χ3n) is 2.69. The number of aliphatic hydroxyl groups is 1. The van der Waals surface area contributed by atoms with Crippen molar-refractivity contribution >= 4 is 11.3 Å². The van der Waals surface area contributed by atoms with Crippen molar-refractivity contribution in [3.8, 4) is 0 Å². The zero-order chi connectivity index (χ0) is 10.7. The number of aromatic nitrogens is 1. The van der Waals surface area contributed by atoms with Crippen LogP contribution in [0.3, 0.4) is 0 Å². The van der Waals surface area contributed by atoms with Gasteiger partial charge in [0.25, 0.3) is 0 Å². The van der Waals surface area contributed by atoms with Crippen LogP contribution < -0.4 is 5.32 Å². The zero-order valence-corrected chi connectivity index (χ0v) is 9.76. The molecule has 2 N–H and O–H groups in total. The number of hydrogen-bond acceptors (Lipinski definition) is 5. The third kappa shape index (κ3) is 2.75. The topological polar surface area (TPSA) is 48.4 Å². The Morgan fingerprint density at radius 2 is 2.60 bits per heavy atom. The summed E-state index contributed by atoms with van der Waals surface area (Å²) in [5, 5.41) is 15.8. The summed E-state index contributed by atoms with van der Waals surface area (Å²) < 4.78 is 0. The van der Waals surface area contributed by atoms with Gasteiger partial charge in [0, 0.05) is 36.8 Å². The fourth-order valence-electron chi connectivity index (χ4n) is 1.84. The van der Waals surface area contributed by atoms with Crippen LogP contribution in [0.4, 0.5) is 0 Å². The van der Waals surface area contributed by atoms with E-state index in [1.807, 2.05) is 6.92 Å². The molecular formula is C10H17N3OS. The number of hydrogen-bond donors (Lipinski definition) is 2. The van der Waals surface area contributed by atoms with Crippen molar-refractivity contribution in [1.29, 1.82) is 0 Å². The summed E-state index contributed by atoms with van der Waals surface area (Å²) >= 11 is 1.70. The lowest BCUT2D eigenvalue weighted by Crippen LogP contribution is -2.52. The number of nitrogens with one attached hydrogen (secondary N) is 1. The van der Waals surface area contributed by atoms with Crippen molar-refractivity contribution in [1.82, 2.24) is 15.2 Å². The van der Waals surface area contributed by atoms with Gasteiger partial charge < -0.3 is 10.4 Å². The number of piperazine rings is 1. The lowest BCUT2D eigenvalue weighted by molar-refractivity contribution is 0.0945. The molecule has 1 aliphatic rings. The van der Waals surface area contributed by atoms with Crippen molar-refractivity contribution in [2.75, 3.05) is 26.2 Å². The SMILES string of the molecule is Cc1csc(CN2CCNCC2CO)n1. The van der Waals surface area contributed by atoms with Crippen LogP contribution in [0, 0.1) is 6.92 Å². The van der Waals surface area contributed by atoms with Crippen LogP contribution in [0.25, 0.3) is 0 Å². The van der Waals surface area contributed by atoms with Gasteiger partial charge >= 0.3 is 0 Å². The Bertz CT molecular complexity index is 315. The first-order valence-electron chi connectivity index (χ1n) is 5.26.